The van der Waals surface area contributed by atoms with Crippen LogP contribution in [0.25, 0.3) is 0 Å². The number of alkyl carbamates (subject to hydrolysis) is 1. The van der Waals surface area contributed by atoms with E-state index in [1.54, 1.807) is 119 Å². The highest BCUT2D eigenvalue weighted by atomic mass is 16.6. The average molecular weight is 1430 g/mol. The second-order valence-electron chi connectivity index (χ2n) is 28.5. The topological polar surface area (TPSA) is 389 Å². The van der Waals surface area contributed by atoms with Crippen molar-refractivity contribution in [3.05, 3.63) is 126 Å². The fourth-order valence-electron chi connectivity index (χ4n) is 10.9. The molecule has 2 aliphatic rings. The molecule has 8 amide bonds. The van der Waals surface area contributed by atoms with Crippen molar-refractivity contribution in [2.45, 2.75) is 215 Å². The third kappa shape index (κ3) is 31.5. The molecule has 0 unspecified atom stereocenters. The summed E-state index contributed by atoms with van der Waals surface area (Å²) in [7, 11) is 0. The molecule has 0 aliphatic carbocycles. The number of ether oxygens (including phenoxy) is 3. The Kier molecular flexibility index (Phi) is 35.3. The molecule has 0 fully saturated rings. The zero-order chi connectivity index (χ0) is 76.7. The van der Waals surface area contributed by atoms with E-state index in [-0.39, 0.29) is 110 Å². The average Bonchev–Trinajstić information content (AvgIpc) is 0.867. The first-order valence-electron chi connectivity index (χ1n) is 35.4. The molecule has 3 aromatic carbocycles. The van der Waals surface area contributed by atoms with Crippen LogP contribution in [0.3, 0.4) is 0 Å². The summed E-state index contributed by atoms with van der Waals surface area (Å²) in [6.45, 7) is 22.2. The lowest BCUT2D eigenvalue weighted by Crippen LogP contribution is -2.54. The number of allylic oxidation sites excluding steroid dienone is 1. The fourth-order valence-corrected chi connectivity index (χ4v) is 10.9. The minimum absolute atomic E-state index is 0.0377. The van der Waals surface area contributed by atoms with Crippen molar-refractivity contribution in [1.82, 2.24) is 42.5 Å². The zero-order valence-electron chi connectivity index (χ0n) is 61.6. The predicted octanol–water partition coefficient (Wildman–Crippen LogP) is 7.04. The van der Waals surface area contributed by atoms with E-state index >= 15 is 0 Å². The maximum Gasteiger partial charge on any atom is 0.408 e. The minimum Gasteiger partial charge on any atom is -0.508 e. The van der Waals surface area contributed by atoms with E-state index < -0.39 is 119 Å². The number of phenolic OH excluding ortho intramolecular Hbond substituents is 3. The second kappa shape index (κ2) is 42.5. The van der Waals surface area contributed by atoms with Gasteiger partial charge in [-0.1, -0.05) is 142 Å². The number of nitrogens with one attached hydrogen (secondary N) is 8. The van der Waals surface area contributed by atoms with E-state index in [9.17, 15) is 72.9 Å². The number of benzene rings is 3. The van der Waals surface area contributed by atoms with Crippen LogP contribution >= 0.6 is 0 Å². The first-order valence-corrected chi connectivity index (χ1v) is 35.4. The zero-order valence-corrected chi connectivity index (χ0v) is 61.6. The number of hydrogen-bond acceptors (Lipinski definition) is 18. The van der Waals surface area contributed by atoms with Gasteiger partial charge in [0.25, 0.3) is 0 Å². The molecule has 5 rings (SSSR count). The smallest absolute Gasteiger partial charge is 0.408 e. The number of esters is 2. The summed E-state index contributed by atoms with van der Waals surface area (Å²) in [6, 6.07) is 10.5. The Hall–Kier alpha value is -9.88. The van der Waals surface area contributed by atoms with Crippen molar-refractivity contribution in [2.24, 2.45) is 35.5 Å². The molecule has 0 spiro atoms. The lowest BCUT2D eigenvalue weighted by atomic mass is 9.91. The lowest BCUT2D eigenvalue weighted by Gasteiger charge is -2.27. The molecule has 0 radical (unpaired) electrons. The van der Waals surface area contributed by atoms with Crippen molar-refractivity contribution in [3.8, 4) is 17.2 Å². The number of carbonyl (C=O) groups is 12. The highest BCUT2D eigenvalue weighted by Crippen LogP contribution is 2.21. The van der Waals surface area contributed by atoms with Gasteiger partial charge in [0.2, 0.25) is 41.4 Å². The minimum atomic E-state index is -1.13. The summed E-state index contributed by atoms with van der Waals surface area (Å²) in [5.41, 5.74) is 1.15. The number of Topliss-reactive ketones (excluding diaryl/α,β-unsaturated/α-hetero) is 2. The van der Waals surface area contributed by atoms with E-state index in [1.165, 1.54) is 67.6 Å². The van der Waals surface area contributed by atoms with Gasteiger partial charge in [-0.15, -0.1) is 0 Å². The first kappa shape index (κ1) is 85.5. The molecule has 0 bridgehead atoms. The summed E-state index contributed by atoms with van der Waals surface area (Å²) >= 11 is 0. The van der Waals surface area contributed by atoms with Crippen molar-refractivity contribution < 1.29 is 87.1 Å². The fraction of sp³-hybridized carbons (Fsp3) is 0.532. The van der Waals surface area contributed by atoms with Crippen LogP contribution in [0.2, 0.25) is 0 Å². The van der Waals surface area contributed by atoms with Crippen LogP contribution in [-0.2, 0) is 86.2 Å². The standard InChI is InChI=1S/C44H60N4O9.C33H48N4O9/c1-6-7-8-9-10-11-12-13-38(52)45-35(24-30-14-19-33(49)20-15-30)42(54)48-40(28(2)3)37(51)26-32-18-23-39(53)47-41(29(4)5)43(55)46-36(44(56)57-27-32)25-31-16-21-34(50)22-17-31;1-18(2)27(37-29(41)24(35-32(44)46-33(6,7)8)15-21-9-12-23(38)13-10-21)25(39)16-22-11-14-26(40)36-28(19(3)4)30(42)34-20(5)31(43)45-17-22/h11-12,14-23,28-29,32,35-36,40-41,49-50H,6-10,13,24-27H2,1-5H3,(H,45,52)(H,46,55)(H,47,53)(H,48,54);9-14,18-20,22,24,27-28,38H,15-17H2,1-8H3,(H,34,42)(H,35,44)(H,36,40)(H,37,41)/b12-11-,23-18+;14-11+/t32-,35-,36-,40-,41-;20-,22-,24-,27-,28-/m00/s1. The molecule has 11 N–H and O–H groups in total. The monoisotopic (exact) mass is 1430 g/mol. The quantitative estimate of drug-likeness (QED) is 0.0144. The van der Waals surface area contributed by atoms with Crippen LogP contribution < -0.4 is 42.5 Å². The Morgan fingerprint density at radius 1 is 0.553 bits per heavy atom. The second-order valence-corrected chi connectivity index (χ2v) is 28.5. The van der Waals surface area contributed by atoms with Gasteiger partial charge in [-0.3, -0.25) is 43.2 Å². The van der Waals surface area contributed by atoms with Crippen molar-refractivity contribution in [1.29, 1.82) is 0 Å². The van der Waals surface area contributed by atoms with E-state index in [0.29, 0.717) is 16.7 Å². The molecule has 10 atom stereocenters. The van der Waals surface area contributed by atoms with Crippen LogP contribution in [0.15, 0.2) is 109 Å². The number of rotatable bonds is 29. The van der Waals surface area contributed by atoms with Gasteiger partial charge in [0.15, 0.2) is 11.6 Å². The normalized spacial score (nSPS) is 20.3. The molecule has 2 aliphatic heterocycles. The van der Waals surface area contributed by atoms with Gasteiger partial charge in [-0.05, 0) is 129 Å². The molecule has 3 aromatic rings. The van der Waals surface area contributed by atoms with Crippen molar-refractivity contribution >= 4 is 70.9 Å². The summed E-state index contributed by atoms with van der Waals surface area (Å²) in [5.74, 6) is -8.67. The predicted molar refractivity (Wildman–Crippen MR) is 386 cm³/mol. The largest absolute Gasteiger partial charge is 0.508 e. The first-order chi connectivity index (χ1) is 48.5. The van der Waals surface area contributed by atoms with Crippen LogP contribution in [0.1, 0.15) is 158 Å². The molecule has 564 valence electrons. The third-order valence-corrected chi connectivity index (χ3v) is 16.8. The van der Waals surface area contributed by atoms with Crippen LogP contribution in [0.4, 0.5) is 4.79 Å². The van der Waals surface area contributed by atoms with Crippen LogP contribution in [0.5, 0.6) is 17.2 Å². The molecule has 0 aromatic heterocycles. The van der Waals surface area contributed by atoms with E-state index in [2.05, 4.69) is 49.5 Å². The molecule has 0 saturated heterocycles. The number of ketones is 2. The number of hydrogen-bond donors (Lipinski definition) is 11. The van der Waals surface area contributed by atoms with E-state index in [1.807, 2.05) is 6.08 Å². The Bertz CT molecular complexity index is 3430. The van der Waals surface area contributed by atoms with Gasteiger partial charge in [0.05, 0.1) is 25.3 Å². The van der Waals surface area contributed by atoms with Crippen molar-refractivity contribution in [3.63, 3.8) is 0 Å². The third-order valence-electron chi connectivity index (χ3n) is 16.8. The molecule has 0 saturated carbocycles. The molecule has 103 heavy (non-hydrogen) atoms. The maximum atomic E-state index is 14.0. The number of carbonyl (C=O) groups excluding carboxylic acids is 12. The number of phenols is 3. The number of cyclic esters (lactones) is 2. The summed E-state index contributed by atoms with van der Waals surface area (Å²) in [5, 5.41) is 50.7. The summed E-state index contributed by atoms with van der Waals surface area (Å²) in [6.07, 6.45) is 13.4. The molecule has 2 heterocycles. The summed E-state index contributed by atoms with van der Waals surface area (Å²) < 4.78 is 16.4. The Morgan fingerprint density at radius 3 is 1.41 bits per heavy atom. The highest BCUT2D eigenvalue weighted by molar-refractivity contribution is 5.97. The lowest BCUT2D eigenvalue weighted by molar-refractivity contribution is -0.149. The molecule has 26 heteroatoms. The van der Waals surface area contributed by atoms with Gasteiger partial charge >= 0.3 is 18.0 Å². The Morgan fingerprint density at radius 2 is 0.981 bits per heavy atom. The molecule has 26 nitrogen and oxygen atoms in total. The van der Waals surface area contributed by atoms with Gasteiger partial charge in [0.1, 0.15) is 59.1 Å². The maximum absolute atomic E-state index is 14.0. The highest BCUT2D eigenvalue weighted by Gasteiger charge is 2.36. The van der Waals surface area contributed by atoms with E-state index in [0.717, 1.165) is 32.1 Å². The van der Waals surface area contributed by atoms with Gasteiger partial charge in [-0.25, -0.2) is 14.4 Å². The van der Waals surface area contributed by atoms with Gasteiger partial charge in [-0.2, -0.15) is 0 Å². The van der Waals surface area contributed by atoms with Crippen molar-refractivity contribution in [2.75, 3.05) is 13.2 Å². The Labute approximate surface area is 604 Å². The van der Waals surface area contributed by atoms with E-state index in [4.69, 9.17) is 14.2 Å². The summed E-state index contributed by atoms with van der Waals surface area (Å²) in [4.78, 5) is 158. The number of unbranched alkanes of at least 4 members (excludes halogenated alkanes) is 4. The van der Waals surface area contributed by atoms with Crippen LogP contribution in [-0.4, -0.2) is 153 Å². The number of aromatic hydroxyl groups is 3. The van der Waals surface area contributed by atoms with Crippen LogP contribution in [0, 0.1) is 35.5 Å². The van der Waals surface area contributed by atoms with Gasteiger partial charge < -0.3 is 72.1 Å². The number of amides is 8. The SMILES string of the molecule is CC(C)[C@H](NC(=O)[C@H](Cc1ccc(O)cc1)NC(=O)OC(C)(C)C)C(=O)C[C@@H]1/C=C/C(=O)N[C@@H](C(C)C)C(=O)N[C@@H](C)C(=O)OC1.CCCCCC/C=C\CC(=O)N[C@@H](Cc1ccc(O)cc1)C(=O)N[C@H](C(=O)C[C@@H]1/C=C/C(=O)N[C@@H](C(C)C)C(=O)N[C@@H](Cc2ccc(O)cc2)C(=O)OC1)C(C)C. The Balaban J connectivity index is 0.000000447. The van der Waals surface area contributed by atoms with Gasteiger partial charge in [0, 0.05) is 50.4 Å². The molecular weight excluding hydrogens is 1320 g/mol. The molecular formula is C77H108N8O18.